The number of carbonyl (C=O) groups is 1. The van der Waals surface area contributed by atoms with Crippen LogP contribution in [0.1, 0.15) is 10.4 Å². The number of azo groups is 1. The number of nitro benzene ring substituents is 1. The van der Waals surface area contributed by atoms with Crippen LogP contribution in [-0.2, 0) is 0 Å². The molecule has 0 saturated heterocycles. The molecule has 8 heteroatoms. The van der Waals surface area contributed by atoms with Gasteiger partial charge in [-0.3, -0.25) is 10.1 Å². The van der Waals surface area contributed by atoms with Crippen LogP contribution in [-0.4, -0.2) is 21.1 Å². The van der Waals surface area contributed by atoms with Crippen molar-refractivity contribution in [3.05, 3.63) is 58.1 Å². The number of carboxylic acids is 1. The van der Waals surface area contributed by atoms with Crippen molar-refractivity contribution in [2.24, 2.45) is 10.2 Å². The fraction of sp³-hybridized carbons (Fsp3) is 0. The van der Waals surface area contributed by atoms with E-state index in [4.69, 9.17) is 5.11 Å². The zero-order valence-corrected chi connectivity index (χ0v) is 10.5. The van der Waals surface area contributed by atoms with Crippen LogP contribution < -0.4 is 0 Å². The Labute approximate surface area is 118 Å². The number of hydrogen-bond donors (Lipinski definition) is 2. The fourth-order valence-electron chi connectivity index (χ4n) is 1.51. The molecule has 2 aromatic rings. The summed E-state index contributed by atoms with van der Waals surface area (Å²) in [6, 6.07) is 9.18. The van der Waals surface area contributed by atoms with E-state index in [9.17, 15) is 20.0 Å². The summed E-state index contributed by atoms with van der Waals surface area (Å²) >= 11 is 0. The number of rotatable bonds is 4. The van der Waals surface area contributed by atoms with Crippen molar-refractivity contribution in [2.45, 2.75) is 0 Å². The van der Waals surface area contributed by atoms with Crippen LogP contribution in [0.25, 0.3) is 0 Å². The Morgan fingerprint density at radius 1 is 1.05 bits per heavy atom. The van der Waals surface area contributed by atoms with Gasteiger partial charge in [0.05, 0.1) is 16.3 Å². The second kappa shape index (κ2) is 5.78. The highest BCUT2D eigenvalue weighted by molar-refractivity contribution is 5.91. The third-order valence-corrected chi connectivity index (χ3v) is 2.55. The van der Waals surface area contributed by atoms with Gasteiger partial charge in [-0.2, -0.15) is 10.2 Å². The maximum absolute atomic E-state index is 10.9. The molecule has 0 amide bonds. The van der Waals surface area contributed by atoms with Gasteiger partial charge in [0.15, 0.2) is 0 Å². The Morgan fingerprint density at radius 2 is 1.62 bits per heavy atom. The van der Waals surface area contributed by atoms with Crippen LogP contribution >= 0.6 is 0 Å². The number of benzene rings is 2. The van der Waals surface area contributed by atoms with Gasteiger partial charge in [0.25, 0.3) is 5.69 Å². The molecule has 106 valence electrons. The molecule has 0 unspecified atom stereocenters. The number of phenols is 1. The van der Waals surface area contributed by atoms with E-state index in [0.29, 0.717) is 5.69 Å². The summed E-state index contributed by atoms with van der Waals surface area (Å²) in [5.41, 5.74) is 0.274. The standard InChI is InChI=1S/C13H9N3O5/c17-12-6-3-9(7-11(12)13(18)19)15-14-8-1-4-10(5-2-8)16(20)21/h1-7,17H,(H,18,19)/b15-14+. The fourth-order valence-corrected chi connectivity index (χ4v) is 1.51. The van der Waals surface area contributed by atoms with E-state index in [1.165, 1.54) is 42.5 Å². The molecule has 0 aliphatic rings. The Kier molecular flexibility index (Phi) is 3.89. The first-order valence-corrected chi connectivity index (χ1v) is 5.70. The normalized spacial score (nSPS) is 10.7. The van der Waals surface area contributed by atoms with E-state index in [1.807, 2.05) is 0 Å². The van der Waals surface area contributed by atoms with Crippen LogP contribution in [0.2, 0.25) is 0 Å². The van der Waals surface area contributed by atoms with E-state index < -0.39 is 10.9 Å². The molecule has 0 radical (unpaired) electrons. The van der Waals surface area contributed by atoms with Gasteiger partial charge in [-0.1, -0.05) is 0 Å². The van der Waals surface area contributed by atoms with Crippen molar-refractivity contribution < 1.29 is 19.9 Å². The molecule has 0 heterocycles. The van der Waals surface area contributed by atoms with E-state index in [1.54, 1.807) is 0 Å². The summed E-state index contributed by atoms with van der Waals surface area (Å²) in [5.74, 6) is -1.64. The highest BCUT2D eigenvalue weighted by atomic mass is 16.6. The molecule has 0 bridgehead atoms. The molecular formula is C13H9N3O5. The Morgan fingerprint density at radius 3 is 2.19 bits per heavy atom. The minimum atomic E-state index is -1.28. The number of carboxylic acid groups (broad SMARTS) is 1. The number of hydrogen-bond acceptors (Lipinski definition) is 6. The zero-order valence-electron chi connectivity index (χ0n) is 10.5. The third-order valence-electron chi connectivity index (χ3n) is 2.55. The second-order valence-electron chi connectivity index (χ2n) is 3.98. The quantitative estimate of drug-likeness (QED) is 0.506. The van der Waals surface area contributed by atoms with Crippen LogP contribution in [0.4, 0.5) is 17.1 Å². The molecule has 0 fully saturated rings. The van der Waals surface area contributed by atoms with Crippen LogP contribution in [0.5, 0.6) is 5.75 Å². The van der Waals surface area contributed by atoms with Gasteiger partial charge in [0, 0.05) is 12.1 Å². The summed E-state index contributed by atoms with van der Waals surface area (Å²) in [6.07, 6.45) is 0. The largest absolute Gasteiger partial charge is 0.507 e. The first-order chi connectivity index (χ1) is 9.97. The molecule has 2 N–H and O–H groups in total. The summed E-state index contributed by atoms with van der Waals surface area (Å²) in [6.45, 7) is 0. The monoisotopic (exact) mass is 287 g/mol. The van der Waals surface area contributed by atoms with Crippen LogP contribution in [0, 0.1) is 10.1 Å². The van der Waals surface area contributed by atoms with Crippen LogP contribution in [0.3, 0.4) is 0 Å². The van der Waals surface area contributed by atoms with Gasteiger partial charge in [-0.05, 0) is 30.3 Å². The second-order valence-corrected chi connectivity index (χ2v) is 3.98. The van der Waals surface area contributed by atoms with Gasteiger partial charge >= 0.3 is 5.97 Å². The first kappa shape index (κ1) is 14.1. The van der Waals surface area contributed by atoms with Gasteiger partial charge in [0.1, 0.15) is 11.3 Å². The summed E-state index contributed by atoms with van der Waals surface area (Å²) in [7, 11) is 0. The van der Waals surface area contributed by atoms with Gasteiger partial charge in [0.2, 0.25) is 0 Å². The highest BCUT2D eigenvalue weighted by Gasteiger charge is 2.10. The lowest BCUT2D eigenvalue weighted by molar-refractivity contribution is -0.384. The highest BCUT2D eigenvalue weighted by Crippen LogP contribution is 2.25. The number of non-ortho nitro benzene ring substituents is 1. The summed E-state index contributed by atoms with van der Waals surface area (Å²) in [5, 5.41) is 36.4. The minimum Gasteiger partial charge on any atom is -0.507 e. The summed E-state index contributed by atoms with van der Waals surface area (Å²) in [4.78, 5) is 20.8. The lowest BCUT2D eigenvalue weighted by atomic mass is 10.2. The molecule has 21 heavy (non-hydrogen) atoms. The van der Waals surface area contributed by atoms with E-state index >= 15 is 0 Å². The van der Waals surface area contributed by atoms with E-state index in [0.717, 1.165) is 0 Å². The first-order valence-electron chi connectivity index (χ1n) is 5.70. The van der Waals surface area contributed by atoms with Gasteiger partial charge in [-0.15, -0.1) is 0 Å². The zero-order chi connectivity index (χ0) is 15.4. The third kappa shape index (κ3) is 3.38. The van der Waals surface area contributed by atoms with E-state index in [2.05, 4.69) is 10.2 Å². The molecule has 0 atom stereocenters. The number of nitrogens with zero attached hydrogens (tertiary/aromatic N) is 3. The molecule has 2 rings (SSSR count). The maximum atomic E-state index is 10.9. The van der Waals surface area contributed by atoms with Crippen molar-refractivity contribution in [2.75, 3.05) is 0 Å². The van der Waals surface area contributed by atoms with Crippen molar-refractivity contribution >= 4 is 23.0 Å². The minimum absolute atomic E-state index is 0.0632. The molecule has 0 saturated carbocycles. The van der Waals surface area contributed by atoms with Gasteiger partial charge in [-0.25, -0.2) is 4.79 Å². The van der Waals surface area contributed by atoms with Crippen molar-refractivity contribution in [1.82, 2.24) is 0 Å². The molecule has 0 aliphatic heterocycles. The van der Waals surface area contributed by atoms with Crippen LogP contribution in [0.15, 0.2) is 52.7 Å². The van der Waals surface area contributed by atoms with Crippen molar-refractivity contribution in [3.8, 4) is 5.75 Å². The molecular weight excluding hydrogens is 278 g/mol. The predicted molar refractivity (Wildman–Crippen MR) is 72.3 cm³/mol. The lowest BCUT2D eigenvalue weighted by Crippen LogP contribution is -1.95. The lowest BCUT2D eigenvalue weighted by Gasteiger charge is -1.99. The van der Waals surface area contributed by atoms with Crippen molar-refractivity contribution in [3.63, 3.8) is 0 Å². The van der Waals surface area contributed by atoms with Gasteiger partial charge < -0.3 is 10.2 Å². The van der Waals surface area contributed by atoms with Crippen molar-refractivity contribution in [1.29, 1.82) is 0 Å². The number of nitro groups is 1. The molecule has 0 spiro atoms. The number of aromatic carboxylic acids is 1. The van der Waals surface area contributed by atoms with E-state index in [-0.39, 0.29) is 22.7 Å². The molecule has 8 nitrogen and oxygen atoms in total. The Hall–Kier alpha value is -3.29. The topological polar surface area (TPSA) is 125 Å². The molecule has 2 aromatic carbocycles. The number of aromatic hydroxyl groups is 1. The average Bonchev–Trinajstić information content (AvgIpc) is 2.46. The Balaban J connectivity index is 2.23. The maximum Gasteiger partial charge on any atom is 0.339 e. The average molecular weight is 287 g/mol. The molecule has 0 aromatic heterocycles. The Bertz CT molecular complexity index is 725. The summed E-state index contributed by atoms with van der Waals surface area (Å²) < 4.78 is 0. The SMILES string of the molecule is O=C(O)c1cc(/N=N/c2ccc([N+](=O)[O-])cc2)ccc1O. The molecule has 0 aliphatic carbocycles. The smallest absolute Gasteiger partial charge is 0.339 e. The predicted octanol–water partition coefficient (Wildman–Crippen LogP) is 3.41.